The number of aryl methyl sites for hydroxylation is 2. The molecule has 0 aromatic heterocycles. The molecule has 1 amide bonds. The Labute approximate surface area is 173 Å². The lowest BCUT2D eigenvalue weighted by Crippen LogP contribution is -2.14. The molecule has 0 radical (unpaired) electrons. The van der Waals surface area contributed by atoms with E-state index in [9.17, 15) is 23.3 Å². The average Bonchev–Trinajstić information content (AvgIpc) is 2.68. The van der Waals surface area contributed by atoms with Gasteiger partial charge in [0.05, 0.1) is 9.82 Å². The highest BCUT2D eigenvalue weighted by Gasteiger charge is 2.17. The SMILES string of the molecule is Cc1cccc(NS(=O)(=O)c2ccc(NC(=O)c3ccc(C)c([N+](=O)[O-])c3)cc2)c1. The molecule has 2 N–H and O–H groups in total. The van der Waals surface area contributed by atoms with Crippen LogP contribution in [0.4, 0.5) is 17.1 Å². The third kappa shape index (κ3) is 4.81. The summed E-state index contributed by atoms with van der Waals surface area (Å²) in [5.74, 6) is -0.536. The molecule has 0 aliphatic rings. The molecule has 0 unspecified atom stereocenters. The first-order chi connectivity index (χ1) is 14.2. The molecule has 0 spiro atoms. The number of nitrogens with zero attached hydrogens (tertiary/aromatic N) is 1. The summed E-state index contributed by atoms with van der Waals surface area (Å²) in [5.41, 5.74) is 2.17. The molecule has 0 fully saturated rings. The van der Waals surface area contributed by atoms with Crippen LogP contribution in [0.15, 0.2) is 71.6 Å². The van der Waals surface area contributed by atoms with Crippen molar-refractivity contribution in [3.05, 3.63) is 93.5 Å². The van der Waals surface area contributed by atoms with Crippen molar-refractivity contribution >= 4 is 33.0 Å². The van der Waals surface area contributed by atoms with Crippen LogP contribution in [-0.4, -0.2) is 19.2 Å². The Hall–Kier alpha value is -3.72. The second kappa shape index (κ2) is 8.34. The van der Waals surface area contributed by atoms with Crippen molar-refractivity contribution in [2.45, 2.75) is 18.7 Å². The fraction of sp³-hybridized carbons (Fsp3) is 0.0952. The van der Waals surface area contributed by atoms with E-state index in [4.69, 9.17) is 0 Å². The minimum Gasteiger partial charge on any atom is -0.322 e. The van der Waals surface area contributed by atoms with Crippen LogP contribution in [0.25, 0.3) is 0 Å². The molecule has 0 heterocycles. The summed E-state index contributed by atoms with van der Waals surface area (Å²) in [7, 11) is -3.79. The van der Waals surface area contributed by atoms with Gasteiger partial charge >= 0.3 is 0 Å². The molecule has 3 rings (SSSR count). The number of amides is 1. The molecule has 3 aromatic carbocycles. The predicted octanol–water partition coefficient (Wildman–Crippen LogP) is 4.26. The van der Waals surface area contributed by atoms with Crippen molar-refractivity contribution < 1.29 is 18.1 Å². The van der Waals surface area contributed by atoms with Crippen LogP contribution >= 0.6 is 0 Å². The Kier molecular flexibility index (Phi) is 5.84. The number of rotatable bonds is 6. The summed E-state index contributed by atoms with van der Waals surface area (Å²) in [5, 5.41) is 13.6. The topological polar surface area (TPSA) is 118 Å². The maximum atomic E-state index is 12.5. The quantitative estimate of drug-likeness (QED) is 0.452. The van der Waals surface area contributed by atoms with Crippen molar-refractivity contribution in [2.75, 3.05) is 10.0 Å². The number of anilines is 2. The molecular formula is C21H19N3O5S. The van der Waals surface area contributed by atoms with Gasteiger partial charge in [-0.1, -0.05) is 18.2 Å². The van der Waals surface area contributed by atoms with Gasteiger partial charge in [0, 0.05) is 28.6 Å². The predicted molar refractivity (Wildman–Crippen MR) is 114 cm³/mol. The lowest BCUT2D eigenvalue weighted by molar-refractivity contribution is -0.385. The van der Waals surface area contributed by atoms with Crippen LogP contribution in [-0.2, 0) is 10.0 Å². The highest BCUT2D eigenvalue weighted by atomic mass is 32.2. The lowest BCUT2D eigenvalue weighted by atomic mass is 10.1. The summed E-state index contributed by atoms with van der Waals surface area (Å²) < 4.78 is 27.6. The van der Waals surface area contributed by atoms with Crippen LogP contribution < -0.4 is 10.0 Å². The molecular weight excluding hydrogens is 406 g/mol. The first-order valence-electron chi connectivity index (χ1n) is 8.92. The van der Waals surface area contributed by atoms with Crippen LogP contribution in [0, 0.1) is 24.0 Å². The van der Waals surface area contributed by atoms with Crippen molar-refractivity contribution in [1.82, 2.24) is 0 Å². The number of nitro groups is 1. The van der Waals surface area contributed by atoms with Crippen molar-refractivity contribution in [1.29, 1.82) is 0 Å². The van der Waals surface area contributed by atoms with E-state index in [1.165, 1.54) is 42.5 Å². The third-order valence-electron chi connectivity index (χ3n) is 4.36. The van der Waals surface area contributed by atoms with Crippen molar-refractivity contribution in [3.63, 3.8) is 0 Å². The molecule has 30 heavy (non-hydrogen) atoms. The van der Waals surface area contributed by atoms with Crippen molar-refractivity contribution in [2.24, 2.45) is 0 Å². The second-order valence-corrected chi connectivity index (χ2v) is 8.39. The average molecular weight is 425 g/mol. The molecule has 3 aromatic rings. The molecule has 8 nitrogen and oxygen atoms in total. The van der Waals surface area contributed by atoms with Gasteiger partial charge in [-0.3, -0.25) is 19.6 Å². The molecule has 9 heteroatoms. The summed E-state index contributed by atoms with van der Waals surface area (Å²) in [6.07, 6.45) is 0. The summed E-state index contributed by atoms with van der Waals surface area (Å²) >= 11 is 0. The Morgan fingerprint density at radius 2 is 1.63 bits per heavy atom. The molecule has 0 aliphatic heterocycles. The normalized spacial score (nSPS) is 11.0. The van der Waals surface area contributed by atoms with Crippen LogP contribution in [0.1, 0.15) is 21.5 Å². The minimum absolute atomic E-state index is 0.0352. The summed E-state index contributed by atoms with van der Waals surface area (Å²) in [4.78, 5) is 22.9. The fourth-order valence-corrected chi connectivity index (χ4v) is 3.84. The van der Waals surface area contributed by atoms with Gasteiger partial charge in [-0.05, 0) is 61.9 Å². The van der Waals surface area contributed by atoms with E-state index >= 15 is 0 Å². The van der Waals surface area contributed by atoms with E-state index in [0.29, 0.717) is 16.9 Å². The van der Waals surface area contributed by atoms with E-state index in [-0.39, 0.29) is 16.1 Å². The lowest BCUT2D eigenvalue weighted by Gasteiger charge is -2.10. The number of sulfonamides is 1. The maximum absolute atomic E-state index is 12.5. The van der Waals surface area contributed by atoms with Crippen LogP contribution in [0.5, 0.6) is 0 Å². The Morgan fingerprint density at radius 1 is 0.933 bits per heavy atom. The van der Waals surface area contributed by atoms with Crippen LogP contribution in [0.2, 0.25) is 0 Å². The highest BCUT2D eigenvalue weighted by Crippen LogP contribution is 2.22. The van der Waals surface area contributed by atoms with Gasteiger partial charge in [-0.25, -0.2) is 8.42 Å². The number of hydrogen-bond acceptors (Lipinski definition) is 5. The van der Waals surface area contributed by atoms with Crippen LogP contribution in [0.3, 0.4) is 0 Å². The van der Waals surface area contributed by atoms with Gasteiger partial charge in [0.1, 0.15) is 0 Å². The zero-order valence-electron chi connectivity index (χ0n) is 16.2. The van der Waals surface area contributed by atoms with Gasteiger partial charge in [-0.15, -0.1) is 0 Å². The Balaban J connectivity index is 1.75. The molecule has 154 valence electrons. The summed E-state index contributed by atoms with van der Waals surface area (Å²) in [6, 6.07) is 16.8. The number of carbonyl (C=O) groups is 1. The Morgan fingerprint density at radius 3 is 2.27 bits per heavy atom. The van der Waals surface area contributed by atoms with E-state index in [1.54, 1.807) is 25.1 Å². The fourth-order valence-electron chi connectivity index (χ4n) is 2.79. The van der Waals surface area contributed by atoms with Gasteiger partial charge in [0.25, 0.3) is 21.6 Å². The van der Waals surface area contributed by atoms with Gasteiger partial charge in [-0.2, -0.15) is 0 Å². The largest absolute Gasteiger partial charge is 0.322 e. The van der Waals surface area contributed by atoms with E-state index < -0.39 is 20.9 Å². The molecule has 0 atom stereocenters. The molecule has 0 saturated carbocycles. The number of benzene rings is 3. The number of nitro benzene ring substituents is 1. The zero-order valence-corrected chi connectivity index (χ0v) is 17.1. The zero-order chi connectivity index (χ0) is 21.9. The van der Waals surface area contributed by atoms with Gasteiger partial charge in [0.2, 0.25) is 0 Å². The molecule has 0 saturated heterocycles. The molecule has 0 aliphatic carbocycles. The van der Waals surface area contributed by atoms with E-state index in [1.807, 2.05) is 13.0 Å². The highest BCUT2D eigenvalue weighted by molar-refractivity contribution is 7.92. The first-order valence-corrected chi connectivity index (χ1v) is 10.4. The number of hydrogen-bond donors (Lipinski definition) is 2. The van der Waals surface area contributed by atoms with E-state index in [0.717, 1.165) is 5.56 Å². The maximum Gasteiger partial charge on any atom is 0.273 e. The molecule has 0 bridgehead atoms. The Bertz CT molecular complexity index is 1220. The summed E-state index contributed by atoms with van der Waals surface area (Å²) in [6.45, 7) is 3.45. The van der Waals surface area contributed by atoms with Crippen molar-refractivity contribution in [3.8, 4) is 0 Å². The van der Waals surface area contributed by atoms with Gasteiger partial charge in [0.15, 0.2) is 0 Å². The standard InChI is InChI=1S/C21H19N3O5S/c1-14-4-3-5-18(12-14)23-30(28,29)19-10-8-17(9-11-19)22-21(25)16-7-6-15(2)20(13-16)24(26)27/h3-13,23H,1-2H3,(H,22,25). The first kappa shape index (κ1) is 21.0. The number of carbonyl (C=O) groups excluding carboxylic acids is 1. The number of nitrogens with one attached hydrogen (secondary N) is 2. The second-order valence-electron chi connectivity index (χ2n) is 6.71. The van der Waals surface area contributed by atoms with E-state index in [2.05, 4.69) is 10.0 Å². The third-order valence-corrected chi connectivity index (χ3v) is 5.76. The smallest absolute Gasteiger partial charge is 0.273 e. The van der Waals surface area contributed by atoms with Gasteiger partial charge < -0.3 is 5.32 Å². The minimum atomic E-state index is -3.79. The monoisotopic (exact) mass is 425 g/mol.